The Labute approximate surface area is 190 Å². The van der Waals surface area contributed by atoms with E-state index in [1.54, 1.807) is 0 Å². The number of H-pyrrole nitrogens is 1. The summed E-state index contributed by atoms with van der Waals surface area (Å²) in [5, 5.41) is 2.07. The summed E-state index contributed by atoms with van der Waals surface area (Å²) < 4.78 is 16.4. The fourth-order valence-electron chi connectivity index (χ4n) is 4.86. The van der Waals surface area contributed by atoms with Crippen LogP contribution < -0.4 is 15.2 Å². The number of carbonyl (C=O) groups excluding carboxylic acids is 1. The van der Waals surface area contributed by atoms with Gasteiger partial charge < -0.3 is 24.9 Å². The normalized spacial score (nSPS) is 17.4. The summed E-state index contributed by atoms with van der Waals surface area (Å²) in [6, 6.07) is 13.6. The van der Waals surface area contributed by atoms with Gasteiger partial charge in [-0.1, -0.05) is 18.2 Å². The average molecular weight is 444 g/mol. The van der Waals surface area contributed by atoms with Gasteiger partial charge in [-0.25, -0.2) is 4.98 Å². The van der Waals surface area contributed by atoms with Gasteiger partial charge in [0, 0.05) is 53.1 Å². The number of benzene rings is 2. The molecule has 1 atom stereocenters. The Bertz CT molecular complexity index is 1400. The number of nitrogens with one attached hydrogen (secondary N) is 1. The van der Waals surface area contributed by atoms with Gasteiger partial charge in [-0.2, -0.15) is 0 Å². The maximum atomic E-state index is 12.9. The van der Waals surface area contributed by atoms with Gasteiger partial charge in [0.15, 0.2) is 11.5 Å². The molecule has 2 aliphatic rings. The van der Waals surface area contributed by atoms with E-state index in [2.05, 4.69) is 27.0 Å². The molecule has 168 valence electrons. The van der Waals surface area contributed by atoms with Crippen LogP contribution in [-0.2, 0) is 29.0 Å². The number of nitrogen functional groups attached to an aromatic ring is 1. The number of aromatic nitrogens is 2. The minimum absolute atomic E-state index is 0.204. The molecule has 0 bridgehead atoms. The Balaban J connectivity index is 1.38. The zero-order chi connectivity index (χ0) is 22.5. The number of hydrogen-bond donors (Lipinski definition) is 2. The summed E-state index contributed by atoms with van der Waals surface area (Å²) in [4.78, 5) is 23.2. The first kappa shape index (κ1) is 19.9. The molecule has 2 aliphatic heterocycles. The van der Waals surface area contributed by atoms with Gasteiger partial charge >= 0.3 is 5.97 Å². The summed E-state index contributed by atoms with van der Waals surface area (Å²) in [7, 11) is 0. The molecule has 0 spiro atoms. The van der Waals surface area contributed by atoms with E-state index in [9.17, 15) is 4.79 Å². The summed E-state index contributed by atoms with van der Waals surface area (Å²) in [6.07, 6.45) is 0.581. The van der Waals surface area contributed by atoms with E-state index in [1.165, 1.54) is 5.56 Å². The van der Waals surface area contributed by atoms with Crippen molar-refractivity contribution in [2.45, 2.75) is 32.5 Å². The molecule has 0 unspecified atom stereocenters. The summed E-state index contributed by atoms with van der Waals surface area (Å²) >= 11 is 0. The Hall–Kier alpha value is -3.78. The van der Waals surface area contributed by atoms with Crippen LogP contribution in [0.2, 0.25) is 0 Å². The third-order valence-electron chi connectivity index (χ3n) is 6.46. The number of carbonyl (C=O) groups is 1. The van der Waals surface area contributed by atoms with E-state index in [1.807, 2.05) is 37.3 Å². The molecular weight excluding hydrogens is 420 g/mol. The van der Waals surface area contributed by atoms with Crippen LogP contribution in [0.15, 0.2) is 42.5 Å². The Kier molecular flexibility index (Phi) is 4.62. The number of hydrogen-bond acceptors (Lipinski definition) is 7. The van der Waals surface area contributed by atoms with Crippen molar-refractivity contribution >= 4 is 33.6 Å². The van der Waals surface area contributed by atoms with Crippen molar-refractivity contribution in [2.75, 3.05) is 19.1 Å². The van der Waals surface area contributed by atoms with Gasteiger partial charge in [-0.3, -0.25) is 9.69 Å². The number of anilines is 1. The third kappa shape index (κ3) is 3.34. The van der Waals surface area contributed by atoms with Crippen molar-refractivity contribution in [1.82, 2.24) is 14.9 Å². The van der Waals surface area contributed by atoms with Crippen LogP contribution in [0.4, 0.5) is 5.82 Å². The highest BCUT2D eigenvalue weighted by Crippen LogP contribution is 2.37. The van der Waals surface area contributed by atoms with Gasteiger partial charge in [-0.15, -0.1) is 0 Å². The van der Waals surface area contributed by atoms with E-state index in [0.29, 0.717) is 43.4 Å². The first-order valence-electron chi connectivity index (χ1n) is 11.1. The van der Waals surface area contributed by atoms with Crippen LogP contribution in [-0.4, -0.2) is 40.3 Å². The molecular formula is C25H24N4O4. The smallest absolute Gasteiger partial charge is 0.323 e. The van der Waals surface area contributed by atoms with Crippen LogP contribution in [0.1, 0.15) is 23.7 Å². The number of nitrogens with two attached hydrogens (primary N) is 1. The molecule has 4 heterocycles. The molecule has 0 fully saturated rings. The first-order valence-corrected chi connectivity index (χ1v) is 11.1. The van der Waals surface area contributed by atoms with Crippen LogP contribution in [0.3, 0.4) is 0 Å². The number of fused-ring (bicyclic) bond motifs is 5. The van der Waals surface area contributed by atoms with Crippen LogP contribution in [0.25, 0.3) is 21.8 Å². The standard InChI is InChI=1S/C25H24N4O4/c1-2-31-25(30)21-9-17-16-5-3-4-6-18(16)27-20(17)12-29(21)11-15-7-14-8-22-23(33-13-32-22)10-19(14)28-24(15)26/h3-8,10,21,27H,2,9,11-13H2,1H3,(H2,26,28)/t21-/m0/s1. The van der Waals surface area contributed by atoms with E-state index in [-0.39, 0.29) is 12.8 Å². The fraction of sp³-hybridized carbons (Fsp3) is 0.280. The van der Waals surface area contributed by atoms with E-state index in [0.717, 1.165) is 33.1 Å². The van der Waals surface area contributed by atoms with Gasteiger partial charge in [0.2, 0.25) is 6.79 Å². The second kappa shape index (κ2) is 7.67. The second-order valence-electron chi connectivity index (χ2n) is 8.44. The predicted octanol–water partition coefficient (Wildman–Crippen LogP) is 3.52. The predicted molar refractivity (Wildman–Crippen MR) is 124 cm³/mol. The average Bonchev–Trinajstić information content (AvgIpc) is 3.41. The lowest BCUT2D eigenvalue weighted by Gasteiger charge is -2.34. The number of rotatable bonds is 4. The van der Waals surface area contributed by atoms with Crippen molar-refractivity contribution in [3.8, 4) is 11.5 Å². The lowest BCUT2D eigenvalue weighted by atomic mass is 9.96. The topological polar surface area (TPSA) is 103 Å². The van der Waals surface area contributed by atoms with Crippen LogP contribution >= 0.6 is 0 Å². The van der Waals surface area contributed by atoms with Crippen LogP contribution in [0.5, 0.6) is 11.5 Å². The lowest BCUT2D eigenvalue weighted by Crippen LogP contribution is -2.46. The van der Waals surface area contributed by atoms with Gasteiger partial charge in [0.1, 0.15) is 11.9 Å². The summed E-state index contributed by atoms with van der Waals surface area (Å²) in [6.45, 7) is 3.44. The minimum Gasteiger partial charge on any atom is -0.465 e. The van der Waals surface area contributed by atoms with Gasteiger partial charge in [0.25, 0.3) is 0 Å². The van der Waals surface area contributed by atoms with E-state index < -0.39 is 6.04 Å². The number of para-hydroxylation sites is 1. The van der Waals surface area contributed by atoms with Crippen LogP contribution in [0, 0.1) is 0 Å². The zero-order valence-corrected chi connectivity index (χ0v) is 18.3. The van der Waals surface area contributed by atoms with Crippen molar-refractivity contribution < 1.29 is 19.0 Å². The summed E-state index contributed by atoms with van der Waals surface area (Å²) in [5.74, 6) is 1.59. The number of nitrogens with zero attached hydrogens (tertiary/aromatic N) is 2. The number of esters is 1. The molecule has 0 radical (unpaired) electrons. The highest BCUT2D eigenvalue weighted by atomic mass is 16.7. The molecule has 3 N–H and O–H groups in total. The number of aromatic amines is 1. The molecule has 0 saturated carbocycles. The maximum absolute atomic E-state index is 12.9. The monoisotopic (exact) mass is 444 g/mol. The largest absolute Gasteiger partial charge is 0.465 e. The molecule has 8 heteroatoms. The quantitative estimate of drug-likeness (QED) is 0.464. The molecule has 6 rings (SSSR count). The Morgan fingerprint density at radius 1 is 1.24 bits per heavy atom. The molecule has 33 heavy (non-hydrogen) atoms. The lowest BCUT2D eigenvalue weighted by molar-refractivity contribution is -0.150. The van der Waals surface area contributed by atoms with Crippen molar-refractivity contribution in [3.63, 3.8) is 0 Å². The highest BCUT2D eigenvalue weighted by Gasteiger charge is 2.35. The maximum Gasteiger partial charge on any atom is 0.323 e. The second-order valence-corrected chi connectivity index (χ2v) is 8.44. The molecule has 0 saturated heterocycles. The van der Waals surface area contributed by atoms with Gasteiger partial charge in [-0.05, 0) is 30.7 Å². The zero-order valence-electron chi connectivity index (χ0n) is 18.3. The molecule has 0 aliphatic carbocycles. The molecule has 2 aromatic heterocycles. The third-order valence-corrected chi connectivity index (χ3v) is 6.46. The minimum atomic E-state index is -0.400. The van der Waals surface area contributed by atoms with Crippen molar-refractivity contribution in [3.05, 3.63) is 59.3 Å². The highest BCUT2D eigenvalue weighted by molar-refractivity contribution is 5.87. The fourth-order valence-corrected chi connectivity index (χ4v) is 4.86. The SMILES string of the molecule is CCOC(=O)[C@@H]1Cc2c([nH]c3ccccc23)CN1Cc1cc2cc3c(cc2nc1N)OCO3. The summed E-state index contributed by atoms with van der Waals surface area (Å²) in [5.41, 5.74) is 11.3. The van der Waals surface area contributed by atoms with Gasteiger partial charge in [0.05, 0.1) is 12.1 Å². The Morgan fingerprint density at radius 2 is 2.06 bits per heavy atom. The molecule has 2 aromatic carbocycles. The van der Waals surface area contributed by atoms with E-state index >= 15 is 0 Å². The van der Waals surface area contributed by atoms with Crippen molar-refractivity contribution in [1.29, 1.82) is 0 Å². The number of ether oxygens (including phenoxy) is 3. The molecule has 8 nitrogen and oxygen atoms in total. The Morgan fingerprint density at radius 3 is 2.91 bits per heavy atom. The molecule has 4 aromatic rings. The van der Waals surface area contributed by atoms with Crippen molar-refractivity contribution in [2.24, 2.45) is 0 Å². The molecule has 0 amide bonds. The first-order chi connectivity index (χ1) is 16.1. The number of pyridine rings is 1. The van der Waals surface area contributed by atoms with E-state index in [4.69, 9.17) is 19.9 Å².